The lowest BCUT2D eigenvalue weighted by molar-refractivity contribution is -0.332. The van der Waals surface area contributed by atoms with Gasteiger partial charge in [0, 0.05) is 0 Å². The maximum atomic E-state index is 11.5. The molecule has 2 aliphatic heterocycles. The zero-order valence-electron chi connectivity index (χ0n) is 15.5. The normalized spacial score (nSPS) is 41.3. The van der Waals surface area contributed by atoms with Crippen LogP contribution in [0.3, 0.4) is 0 Å². The van der Waals surface area contributed by atoms with Gasteiger partial charge in [-0.2, -0.15) is 21.6 Å². The van der Waals surface area contributed by atoms with Crippen molar-refractivity contribution in [1.29, 1.82) is 0 Å². The lowest BCUT2D eigenvalue weighted by Crippen LogP contribution is -2.68. The lowest BCUT2D eigenvalue weighted by Gasteiger charge is -2.46. The summed E-state index contributed by atoms with van der Waals surface area (Å²) in [5.41, 5.74) is 0. The molecule has 0 radical (unpaired) electrons. The quantitative estimate of drug-likeness (QED) is 0.136. The molecule has 0 spiro atoms. The number of hydrogen-bond donors (Lipinski definition) is 9. The summed E-state index contributed by atoms with van der Waals surface area (Å²) in [5, 5.41) is 58.7. The first-order valence-corrected chi connectivity index (χ1v) is 11.3. The summed E-state index contributed by atoms with van der Waals surface area (Å²) < 4.78 is 82.5. The second-order valence-corrected chi connectivity index (χ2v) is 8.92. The first kappa shape index (κ1) is 27.1. The van der Waals surface area contributed by atoms with Crippen LogP contribution in [0.4, 0.5) is 0 Å². The van der Waals surface area contributed by atoms with E-state index >= 15 is 0 Å². The lowest BCUT2D eigenvalue weighted by atomic mass is 9.96. The minimum absolute atomic E-state index is 0.962. The molecule has 0 unspecified atom stereocenters. The zero-order chi connectivity index (χ0) is 24.6. The minimum atomic E-state index is -5.31. The molecular weight excluding hydrogens is 494 g/mol. The van der Waals surface area contributed by atoms with E-state index in [9.17, 15) is 52.3 Å². The standard InChI is InChI=1S/C12H21NO17S2/c14-1-2-4(15)5(16)3(13-31(21,22)23)12(27-2)29-7-6(17)8(30-32(24,25)26)11(20)28-9(7)10(18)19/h2-9,11-17,20H,1H2,(H,18,19)(H,21,22,23)(H,24,25,26)/t2-,3-,4-,5-,6-,7-,8+,9+,11+,12-/m1/s1. The third kappa shape index (κ3) is 6.48. The van der Waals surface area contributed by atoms with Crippen molar-refractivity contribution < 1.29 is 79.8 Å². The van der Waals surface area contributed by atoms with Gasteiger partial charge in [-0.3, -0.25) is 9.11 Å². The van der Waals surface area contributed by atoms with E-state index in [0.29, 0.717) is 0 Å². The Bertz CT molecular complexity index is 878. The summed E-state index contributed by atoms with van der Waals surface area (Å²) >= 11 is 0. The van der Waals surface area contributed by atoms with Crippen molar-refractivity contribution in [2.45, 2.75) is 61.3 Å². The fourth-order valence-corrected chi connectivity index (χ4v) is 4.17. The van der Waals surface area contributed by atoms with Crippen LogP contribution in [-0.4, -0.2) is 131 Å². The highest BCUT2D eigenvalue weighted by Crippen LogP contribution is 2.30. The predicted molar refractivity (Wildman–Crippen MR) is 92.0 cm³/mol. The van der Waals surface area contributed by atoms with Crippen molar-refractivity contribution >= 4 is 26.7 Å². The van der Waals surface area contributed by atoms with Crippen molar-refractivity contribution in [3.8, 4) is 0 Å². The maximum absolute atomic E-state index is 11.5. The van der Waals surface area contributed by atoms with Gasteiger partial charge in [0.15, 0.2) is 24.8 Å². The highest BCUT2D eigenvalue weighted by molar-refractivity contribution is 7.83. The van der Waals surface area contributed by atoms with E-state index < -0.39 is 94.6 Å². The Hall–Kier alpha value is -1.11. The van der Waals surface area contributed by atoms with Gasteiger partial charge >= 0.3 is 26.7 Å². The average Bonchev–Trinajstić information content (AvgIpc) is 2.64. The van der Waals surface area contributed by atoms with E-state index in [0.717, 1.165) is 0 Å². The van der Waals surface area contributed by atoms with Gasteiger partial charge in [-0.15, -0.1) is 0 Å². The molecule has 9 N–H and O–H groups in total. The molecule has 0 aliphatic carbocycles. The van der Waals surface area contributed by atoms with Gasteiger partial charge in [-0.05, 0) is 0 Å². The molecule has 0 amide bonds. The van der Waals surface area contributed by atoms with Gasteiger partial charge in [0.2, 0.25) is 0 Å². The Morgan fingerprint density at radius 2 is 1.53 bits per heavy atom. The molecular formula is C12H21NO17S2. The summed E-state index contributed by atoms with van der Waals surface area (Å²) in [6, 6.07) is -2.06. The van der Waals surface area contributed by atoms with Crippen molar-refractivity contribution in [2.24, 2.45) is 0 Å². The van der Waals surface area contributed by atoms with Gasteiger partial charge in [-0.25, -0.2) is 8.98 Å². The molecule has 2 heterocycles. The van der Waals surface area contributed by atoms with E-state index in [4.69, 9.17) is 18.6 Å². The van der Waals surface area contributed by atoms with Crippen LogP contribution in [0.5, 0.6) is 0 Å². The summed E-state index contributed by atoms with van der Waals surface area (Å²) in [6.45, 7) is -0.962. The molecule has 2 rings (SSSR count). The fraction of sp³-hybridized carbons (Fsp3) is 0.917. The number of carboxylic acids is 1. The van der Waals surface area contributed by atoms with E-state index in [1.807, 2.05) is 0 Å². The van der Waals surface area contributed by atoms with Crippen LogP contribution >= 0.6 is 0 Å². The van der Waals surface area contributed by atoms with E-state index in [-0.39, 0.29) is 0 Å². The number of rotatable bonds is 8. The summed E-state index contributed by atoms with van der Waals surface area (Å²) in [4.78, 5) is 11.5. The van der Waals surface area contributed by atoms with Gasteiger partial charge in [0.05, 0.1) is 6.61 Å². The van der Waals surface area contributed by atoms with Crippen LogP contribution < -0.4 is 4.72 Å². The number of carboxylic acid groups (broad SMARTS) is 1. The van der Waals surface area contributed by atoms with Crippen LogP contribution in [0, 0.1) is 0 Å². The van der Waals surface area contributed by atoms with Crippen LogP contribution in [-0.2, 0) is 43.9 Å². The van der Waals surface area contributed by atoms with Crippen LogP contribution in [0.15, 0.2) is 0 Å². The van der Waals surface area contributed by atoms with Crippen LogP contribution in [0.25, 0.3) is 0 Å². The van der Waals surface area contributed by atoms with Crippen molar-refractivity contribution in [2.75, 3.05) is 6.61 Å². The Balaban J connectivity index is 2.40. The molecule has 18 nitrogen and oxygen atoms in total. The van der Waals surface area contributed by atoms with E-state index in [1.54, 1.807) is 0 Å². The Labute approximate surface area is 179 Å². The number of aliphatic carboxylic acids is 1. The highest BCUT2D eigenvalue weighted by atomic mass is 32.3. The van der Waals surface area contributed by atoms with Crippen molar-refractivity contribution in [1.82, 2.24) is 4.72 Å². The molecule has 0 bridgehead atoms. The first-order chi connectivity index (χ1) is 14.6. The summed E-state index contributed by atoms with van der Waals surface area (Å²) in [6.07, 6.45) is -19.5. The van der Waals surface area contributed by atoms with Gasteiger partial charge in [0.25, 0.3) is 0 Å². The predicted octanol–water partition coefficient (Wildman–Crippen LogP) is -6.08. The molecule has 0 aromatic heterocycles. The molecule has 2 fully saturated rings. The molecule has 32 heavy (non-hydrogen) atoms. The number of nitrogens with one attached hydrogen (secondary N) is 1. The SMILES string of the molecule is O=C(O)[C@H]1O[C@H](O)[C@@H](OS(=O)(=O)O)[C@H](O)[C@H]1O[C@H]1O[C@H](CO)[C@@H](O)[C@H](O)[C@H]1NS(=O)(=O)O. The molecule has 20 heteroatoms. The third-order valence-corrected chi connectivity index (χ3v) is 5.51. The fourth-order valence-electron chi connectivity index (χ4n) is 3.09. The summed E-state index contributed by atoms with van der Waals surface area (Å²) in [5.74, 6) is -1.88. The second kappa shape index (κ2) is 10.0. The van der Waals surface area contributed by atoms with Gasteiger partial charge in [-0.1, -0.05) is 0 Å². The highest BCUT2D eigenvalue weighted by Gasteiger charge is 2.54. The number of aliphatic hydroxyl groups excluding tert-OH is 5. The van der Waals surface area contributed by atoms with Gasteiger partial charge < -0.3 is 44.8 Å². The van der Waals surface area contributed by atoms with Crippen LogP contribution in [0.2, 0.25) is 0 Å². The summed E-state index contributed by atoms with van der Waals surface area (Å²) in [7, 11) is -10.4. The molecule has 0 saturated carbocycles. The molecule has 188 valence electrons. The zero-order valence-corrected chi connectivity index (χ0v) is 17.2. The first-order valence-electron chi connectivity index (χ1n) is 8.48. The monoisotopic (exact) mass is 515 g/mol. The molecule has 2 saturated heterocycles. The minimum Gasteiger partial charge on any atom is -0.479 e. The average molecular weight is 515 g/mol. The smallest absolute Gasteiger partial charge is 0.397 e. The van der Waals surface area contributed by atoms with E-state index in [2.05, 4.69) is 8.92 Å². The second-order valence-electron chi connectivity index (χ2n) is 6.69. The van der Waals surface area contributed by atoms with E-state index in [1.165, 1.54) is 4.72 Å². The molecule has 0 aromatic rings. The number of carbonyl (C=O) groups is 1. The maximum Gasteiger partial charge on any atom is 0.397 e. The largest absolute Gasteiger partial charge is 0.479 e. The molecule has 10 atom stereocenters. The molecule has 2 aliphatic rings. The Kier molecular flexibility index (Phi) is 8.50. The third-order valence-electron chi connectivity index (χ3n) is 4.47. The van der Waals surface area contributed by atoms with Gasteiger partial charge in [0.1, 0.15) is 36.6 Å². The Morgan fingerprint density at radius 3 is 2.00 bits per heavy atom. The van der Waals surface area contributed by atoms with Crippen molar-refractivity contribution in [3.63, 3.8) is 0 Å². The number of hydrogen-bond acceptors (Lipinski definition) is 14. The van der Waals surface area contributed by atoms with Crippen molar-refractivity contribution in [3.05, 3.63) is 0 Å². The van der Waals surface area contributed by atoms with Crippen LogP contribution in [0.1, 0.15) is 0 Å². The number of ether oxygens (including phenoxy) is 3. The topological polar surface area (TPSA) is 296 Å². The number of aliphatic hydroxyl groups is 5. The Morgan fingerprint density at radius 1 is 0.938 bits per heavy atom. The molecule has 0 aromatic carbocycles.